The Balaban J connectivity index is 2.13. The lowest BCUT2D eigenvalue weighted by molar-refractivity contribution is 0.0859. The summed E-state index contributed by atoms with van der Waals surface area (Å²) in [4.78, 5) is 12.5. The molecule has 0 spiro atoms. The highest BCUT2D eigenvalue weighted by molar-refractivity contribution is 5.96. The van der Waals surface area contributed by atoms with Gasteiger partial charge in [0.15, 0.2) is 0 Å². The molecule has 0 saturated heterocycles. The van der Waals surface area contributed by atoms with Crippen molar-refractivity contribution in [1.29, 1.82) is 0 Å². The zero-order valence-corrected chi connectivity index (χ0v) is 12.8. The minimum Gasteiger partial charge on any atom is -0.345 e. The third-order valence-electron chi connectivity index (χ3n) is 4.63. The highest BCUT2D eigenvalue weighted by atomic mass is 16.1. The maximum Gasteiger partial charge on any atom is 0.252 e. The molecule has 1 aromatic carbocycles. The number of rotatable bonds is 3. The number of carbonyl (C=O) groups excluding carboxylic acids is 1. The molecule has 0 radical (unpaired) electrons. The van der Waals surface area contributed by atoms with E-state index >= 15 is 0 Å². The molecule has 3 heteroatoms. The van der Waals surface area contributed by atoms with E-state index < -0.39 is 0 Å². The molecule has 1 aromatic rings. The third-order valence-corrected chi connectivity index (χ3v) is 4.63. The summed E-state index contributed by atoms with van der Waals surface area (Å²) >= 11 is 0. The van der Waals surface area contributed by atoms with Crippen LogP contribution in [0.2, 0.25) is 0 Å². The largest absolute Gasteiger partial charge is 0.345 e. The number of nitrogens with one attached hydrogen (secondary N) is 1. The van der Waals surface area contributed by atoms with E-state index in [0.717, 1.165) is 42.7 Å². The van der Waals surface area contributed by atoms with E-state index in [1.807, 2.05) is 32.0 Å². The van der Waals surface area contributed by atoms with Gasteiger partial charge < -0.3 is 11.1 Å². The van der Waals surface area contributed by atoms with Crippen LogP contribution in [0, 0.1) is 19.8 Å². The van der Waals surface area contributed by atoms with Crippen molar-refractivity contribution in [1.82, 2.24) is 5.32 Å². The molecule has 0 bridgehead atoms. The molecule has 1 aliphatic carbocycles. The summed E-state index contributed by atoms with van der Waals surface area (Å²) in [5, 5.41) is 3.22. The van der Waals surface area contributed by atoms with Crippen molar-refractivity contribution in [2.75, 3.05) is 6.54 Å². The highest BCUT2D eigenvalue weighted by Gasteiger charge is 2.34. The van der Waals surface area contributed by atoms with E-state index in [1.165, 1.54) is 5.56 Å². The van der Waals surface area contributed by atoms with Crippen LogP contribution < -0.4 is 11.1 Å². The Morgan fingerprint density at radius 2 is 2.00 bits per heavy atom. The highest BCUT2D eigenvalue weighted by Crippen LogP contribution is 2.31. The van der Waals surface area contributed by atoms with Crippen LogP contribution in [-0.4, -0.2) is 18.0 Å². The van der Waals surface area contributed by atoms with Gasteiger partial charge >= 0.3 is 0 Å². The van der Waals surface area contributed by atoms with Crippen molar-refractivity contribution in [3.05, 3.63) is 34.9 Å². The molecule has 1 amide bonds. The standard InChI is InChI=1S/C17H26N2O/c1-12-6-8-17(11-18,9-7-12)19-16(20)15-5-4-13(2)10-14(15)3/h4-5,10,12H,6-9,11,18H2,1-3H3,(H,19,20). The van der Waals surface area contributed by atoms with Gasteiger partial charge in [0.25, 0.3) is 5.91 Å². The van der Waals surface area contributed by atoms with E-state index in [-0.39, 0.29) is 11.4 Å². The van der Waals surface area contributed by atoms with Gasteiger partial charge in [-0.2, -0.15) is 0 Å². The monoisotopic (exact) mass is 274 g/mol. The van der Waals surface area contributed by atoms with E-state index in [2.05, 4.69) is 12.2 Å². The number of aryl methyl sites for hydroxylation is 2. The maximum atomic E-state index is 12.5. The van der Waals surface area contributed by atoms with Gasteiger partial charge in [-0.3, -0.25) is 4.79 Å². The van der Waals surface area contributed by atoms with Crippen molar-refractivity contribution in [3.63, 3.8) is 0 Å². The van der Waals surface area contributed by atoms with Crippen LogP contribution in [0.4, 0.5) is 0 Å². The van der Waals surface area contributed by atoms with Crippen molar-refractivity contribution < 1.29 is 4.79 Å². The summed E-state index contributed by atoms with van der Waals surface area (Å²) in [6.07, 6.45) is 4.26. The molecule has 1 saturated carbocycles. The predicted molar refractivity (Wildman–Crippen MR) is 82.8 cm³/mol. The summed E-state index contributed by atoms with van der Waals surface area (Å²) in [7, 11) is 0. The molecule has 0 unspecified atom stereocenters. The summed E-state index contributed by atoms with van der Waals surface area (Å²) in [6, 6.07) is 5.95. The fourth-order valence-electron chi connectivity index (χ4n) is 3.07. The molecule has 0 aliphatic heterocycles. The van der Waals surface area contributed by atoms with Crippen LogP contribution in [0.1, 0.15) is 54.1 Å². The first-order valence-electron chi connectivity index (χ1n) is 7.55. The quantitative estimate of drug-likeness (QED) is 0.890. The third kappa shape index (κ3) is 3.21. The number of nitrogens with two attached hydrogens (primary N) is 1. The zero-order valence-electron chi connectivity index (χ0n) is 12.8. The molecule has 2 rings (SSSR count). The van der Waals surface area contributed by atoms with Gasteiger partial charge in [0.05, 0.1) is 5.54 Å². The van der Waals surface area contributed by atoms with Crippen LogP contribution in [0.3, 0.4) is 0 Å². The van der Waals surface area contributed by atoms with Crippen LogP contribution in [-0.2, 0) is 0 Å². The first kappa shape index (κ1) is 15.0. The Bertz CT molecular complexity index is 488. The summed E-state index contributed by atoms with van der Waals surface area (Å²) in [5.41, 5.74) is 8.72. The van der Waals surface area contributed by atoms with Crippen molar-refractivity contribution >= 4 is 5.91 Å². The fraction of sp³-hybridized carbons (Fsp3) is 0.588. The zero-order chi connectivity index (χ0) is 14.8. The van der Waals surface area contributed by atoms with Crippen LogP contribution in [0.5, 0.6) is 0 Å². The topological polar surface area (TPSA) is 55.1 Å². The second kappa shape index (κ2) is 5.96. The minimum absolute atomic E-state index is 0.0162. The molecule has 0 aromatic heterocycles. The number of carbonyl (C=O) groups is 1. The Labute approximate surface area is 121 Å². The molecule has 1 fully saturated rings. The number of hydrogen-bond donors (Lipinski definition) is 2. The molecule has 110 valence electrons. The number of hydrogen-bond acceptors (Lipinski definition) is 2. The van der Waals surface area contributed by atoms with E-state index in [1.54, 1.807) is 0 Å². The summed E-state index contributed by atoms with van der Waals surface area (Å²) < 4.78 is 0. The average molecular weight is 274 g/mol. The number of amides is 1. The van der Waals surface area contributed by atoms with Gasteiger partial charge in [-0.05, 0) is 57.1 Å². The van der Waals surface area contributed by atoms with E-state index in [4.69, 9.17) is 5.73 Å². The van der Waals surface area contributed by atoms with Gasteiger partial charge in [0, 0.05) is 12.1 Å². The summed E-state index contributed by atoms with van der Waals surface area (Å²) in [6.45, 7) is 6.82. The lowest BCUT2D eigenvalue weighted by Crippen LogP contribution is -2.55. The maximum absolute atomic E-state index is 12.5. The van der Waals surface area contributed by atoms with E-state index in [0.29, 0.717) is 6.54 Å². The van der Waals surface area contributed by atoms with Crippen molar-refractivity contribution in [2.24, 2.45) is 11.7 Å². The molecule has 1 aliphatic rings. The van der Waals surface area contributed by atoms with Gasteiger partial charge in [-0.25, -0.2) is 0 Å². The smallest absolute Gasteiger partial charge is 0.252 e. The Kier molecular flexibility index (Phi) is 4.48. The summed E-state index contributed by atoms with van der Waals surface area (Å²) in [5.74, 6) is 0.759. The predicted octanol–water partition coefficient (Wildman–Crippen LogP) is 2.94. The van der Waals surface area contributed by atoms with Crippen LogP contribution in [0.25, 0.3) is 0 Å². The van der Waals surface area contributed by atoms with Gasteiger partial charge in [-0.15, -0.1) is 0 Å². The molecular formula is C17H26N2O. The second-order valence-electron chi connectivity index (χ2n) is 6.44. The van der Waals surface area contributed by atoms with Gasteiger partial charge in [0.1, 0.15) is 0 Å². The van der Waals surface area contributed by atoms with Crippen LogP contribution >= 0.6 is 0 Å². The fourth-order valence-corrected chi connectivity index (χ4v) is 3.07. The van der Waals surface area contributed by atoms with Crippen molar-refractivity contribution in [2.45, 2.75) is 52.0 Å². The van der Waals surface area contributed by atoms with Gasteiger partial charge in [-0.1, -0.05) is 24.6 Å². The SMILES string of the molecule is Cc1ccc(C(=O)NC2(CN)CCC(C)CC2)c(C)c1. The molecule has 0 atom stereocenters. The Morgan fingerprint density at radius 3 is 2.55 bits per heavy atom. The normalized spacial score (nSPS) is 26.3. The molecular weight excluding hydrogens is 248 g/mol. The molecule has 3 N–H and O–H groups in total. The minimum atomic E-state index is -0.207. The van der Waals surface area contributed by atoms with Gasteiger partial charge in [0.2, 0.25) is 0 Å². The Hall–Kier alpha value is -1.35. The number of benzene rings is 1. The lowest BCUT2D eigenvalue weighted by atomic mass is 9.77. The first-order chi connectivity index (χ1) is 9.46. The average Bonchev–Trinajstić information content (AvgIpc) is 2.41. The molecule has 20 heavy (non-hydrogen) atoms. The molecule has 3 nitrogen and oxygen atoms in total. The lowest BCUT2D eigenvalue weighted by Gasteiger charge is -2.39. The van der Waals surface area contributed by atoms with Crippen molar-refractivity contribution in [3.8, 4) is 0 Å². The van der Waals surface area contributed by atoms with E-state index in [9.17, 15) is 4.79 Å². The molecule has 0 heterocycles. The Morgan fingerprint density at radius 1 is 1.35 bits per heavy atom. The second-order valence-corrected chi connectivity index (χ2v) is 6.44. The van der Waals surface area contributed by atoms with Crippen LogP contribution in [0.15, 0.2) is 18.2 Å². The first-order valence-corrected chi connectivity index (χ1v) is 7.55.